The molecule has 0 unspecified atom stereocenters. The number of anilines is 1. The van der Waals surface area contributed by atoms with Gasteiger partial charge in [-0.25, -0.2) is 0 Å². The Morgan fingerprint density at radius 2 is 1.78 bits per heavy atom. The van der Waals surface area contributed by atoms with Gasteiger partial charge in [-0.1, -0.05) is 35.9 Å². The number of hydrogen-bond donors (Lipinski definition) is 2. The number of carbonyl (C=O) groups excluding carboxylic acids is 1. The fraction of sp³-hybridized carbons (Fsp3) is 0.0714. The third-order valence-corrected chi connectivity index (χ3v) is 2.90. The van der Waals surface area contributed by atoms with Gasteiger partial charge in [-0.2, -0.15) is 0 Å². The fourth-order valence-corrected chi connectivity index (χ4v) is 1.73. The van der Waals surface area contributed by atoms with E-state index in [0.717, 1.165) is 5.56 Å². The first kappa shape index (κ1) is 12.6. The molecule has 2 aromatic carbocycles. The van der Waals surface area contributed by atoms with Crippen molar-refractivity contribution in [2.75, 3.05) is 5.32 Å². The van der Waals surface area contributed by atoms with E-state index < -0.39 is 0 Å². The average Bonchev–Trinajstić information content (AvgIpc) is 2.41. The zero-order valence-electron chi connectivity index (χ0n) is 9.69. The van der Waals surface area contributed by atoms with Crippen LogP contribution < -0.4 is 11.1 Å². The summed E-state index contributed by atoms with van der Waals surface area (Å²) in [7, 11) is 0. The molecule has 0 saturated carbocycles. The first-order chi connectivity index (χ1) is 8.70. The number of rotatable bonds is 3. The Hall–Kier alpha value is -1.84. The molecule has 0 fully saturated rings. The van der Waals surface area contributed by atoms with Crippen LogP contribution in [0.25, 0.3) is 0 Å². The highest BCUT2D eigenvalue weighted by Gasteiger charge is 2.07. The predicted octanol–water partition coefficient (Wildman–Crippen LogP) is 3.05. The van der Waals surface area contributed by atoms with Gasteiger partial charge in [-0.3, -0.25) is 4.79 Å². The predicted molar refractivity (Wildman–Crippen MR) is 73.7 cm³/mol. The van der Waals surface area contributed by atoms with Gasteiger partial charge in [0.2, 0.25) is 0 Å². The van der Waals surface area contributed by atoms with Crippen LogP contribution in [-0.4, -0.2) is 5.91 Å². The van der Waals surface area contributed by atoms with E-state index in [2.05, 4.69) is 5.32 Å². The van der Waals surface area contributed by atoms with Crippen molar-refractivity contribution in [3.63, 3.8) is 0 Å². The molecule has 92 valence electrons. The van der Waals surface area contributed by atoms with Crippen LogP contribution in [0.3, 0.4) is 0 Å². The highest BCUT2D eigenvalue weighted by atomic mass is 35.5. The third-order valence-electron chi connectivity index (χ3n) is 2.57. The lowest BCUT2D eigenvalue weighted by Crippen LogP contribution is -2.12. The second-order valence-corrected chi connectivity index (χ2v) is 4.24. The largest absolute Gasteiger partial charge is 0.326 e. The van der Waals surface area contributed by atoms with E-state index in [9.17, 15) is 4.79 Å². The highest BCUT2D eigenvalue weighted by molar-refractivity contribution is 6.33. The van der Waals surface area contributed by atoms with E-state index in [1.807, 2.05) is 24.3 Å². The summed E-state index contributed by atoms with van der Waals surface area (Å²) in [5.41, 5.74) is 7.67. The topological polar surface area (TPSA) is 55.1 Å². The van der Waals surface area contributed by atoms with E-state index in [4.69, 9.17) is 17.3 Å². The number of halogens is 1. The van der Waals surface area contributed by atoms with Crippen molar-refractivity contribution in [1.82, 2.24) is 0 Å². The second-order valence-electron chi connectivity index (χ2n) is 3.84. The Morgan fingerprint density at radius 1 is 1.11 bits per heavy atom. The first-order valence-corrected chi connectivity index (χ1v) is 5.93. The maximum atomic E-state index is 12.0. The van der Waals surface area contributed by atoms with Gasteiger partial charge >= 0.3 is 0 Å². The average molecular weight is 261 g/mol. The van der Waals surface area contributed by atoms with Crippen molar-refractivity contribution < 1.29 is 4.79 Å². The number of hydrogen-bond acceptors (Lipinski definition) is 2. The standard InChI is InChI=1S/C14H13ClN2O/c15-12-3-1-2-4-13(12)17-14(18)11-7-5-10(9-16)6-8-11/h1-8H,9,16H2,(H,17,18). The number of benzene rings is 2. The summed E-state index contributed by atoms with van der Waals surface area (Å²) in [5, 5.41) is 3.28. The van der Waals surface area contributed by atoms with Gasteiger partial charge in [0.15, 0.2) is 0 Å². The zero-order valence-corrected chi connectivity index (χ0v) is 10.4. The molecule has 1 amide bonds. The molecule has 3 N–H and O–H groups in total. The van der Waals surface area contributed by atoms with Crippen molar-refractivity contribution in [3.8, 4) is 0 Å². The summed E-state index contributed by atoms with van der Waals surface area (Å²) in [5.74, 6) is -0.188. The number of para-hydroxylation sites is 1. The minimum atomic E-state index is -0.188. The smallest absolute Gasteiger partial charge is 0.255 e. The summed E-state index contributed by atoms with van der Waals surface area (Å²) < 4.78 is 0. The molecule has 0 atom stereocenters. The minimum absolute atomic E-state index is 0.188. The number of carbonyl (C=O) groups is 1. The van der Waals surface area contributed by atoms with Crippen molar-refractivity contribution in [3.05, 3.63) is 64.7 Å². The summed E-state index contributed by atoms with van der Waals surface area (Å²) in [4.78, 5) is 12.0. The van der Waals surface area contributed by atoms with E-state index in [0.29, 0.717) is 22.8 Å². The lowest BCUT2D eigenvalue weighted by molar-refractivity contribution is 0.102. The minimum Gasteiger partial charge on any atom is -0.326 e. The van der Waals surface area contributed by atoms with Crippen molar-refractivity contribution in [2.24, 2.45) is 5.73 Å². The van der Waals surface area contributed by atoms with Gasteiger partial charge in [-0.15, -0.1) is 0 Å². The van der Waals surface area contributed by atoms with E-state index in [1.54, 1.807) is 24.3 Å². The molecular formula is C14H13ClN2O. The Labute approximate surface area is 111 Å². The Kier molecular flexibility index (Phi) is 3.97. The van der Waals surface area contributed by atoms with E-state index >= 15 is 0 Å². The molecule has 0 spiro atoms. The van der Waals surface area contributed by atoms with Crippen molar-refractivity contribution >= 4 is 23.2 Å². The third kappa shape index (κ3) is 2.88. The van der Waals surface area contributed by atoms with Crippen LogP contribution in [-0.2, 0) is 6.54 Å². The Morgan fingerprint density at radius 3 is 2.39 bits per heavy atom. The highest BCUT2D eigenvalue weighted by Crippen LogP contribution is 2.21. The van der Waals surface area contributed by atoms with Gasteiger partial charge in [0.1, 0.15) is 0 Å². The van der Waals surface area contributed by atoms with Crippen molar-refractivity contribution in [1.29, 1.82) is 0 Å². The molecule has 0 aliphatic carbocycles. The fourth-order valence-electron chi connectivity index (χ4n) is 1.55. The van der Waals surface area contributed by atoms with Crippen molar-refractivity contribution in [2.45, 2.75) is 6.54 Å². The molecule has 0 radical (unpaired) electrons. The molecule has 0 bridgehead atoms. The van der Waals surface area contributed by atoms with Gasteiger partial charge in [0.05, 0.1) is 10.7 Å². The molecule has 18 heavy (non-hydrogen) atoms. The lowest BCUT2D eigenvalue weighted by Gasteiger charge is -2.07. The molecule has 3 nitrogen and oxygen atoms in total. The summed E-state index contributed by atoms with van der Waals surface area (Å²) in [6.07, 6.45) is 0. The molecule has 0 saturated heterocycles. The molecule has 0 aliphatic rings. The molecule has 2 aromatic rings. The van der Waals surface area contributed by atoms with Crippen LogP contribution in [0.2, 0.25) is 5.02 Å². The SMILES string of the molecule is NCc1ccc(C(=O)Nc2ccccc2Cl)cc1. The van der Waals surface area contributed by atoms with Crippen LogP contribution >= 0.6 is 11.6 Å². The molecule has 0 aliphatic heterocycles. The van der Waals surface area contributed by atoms with Crippen LogP contribution in [0.1, 0.15) is 15.9 Å². The Bertz CT molecular complexity index is 552. The zero-order chi connectivity index (χ0) is 13.0. The molecule has 0 aromatic heterocycles. The maximum Gasteiger partial charge on any atom is 0.255 e. The summed E-state index contributed by atoms with van der Waals surface area (Å²) in [6, 6.07) is 14.3. The summed E-state index contributed by atoms with van der Waals surface area (Å²) >= 11 is 5.97. The van der Waals surface area contributed by atoms with E-state index in [-0.39, 0.29) is 5.91 Å². The lowest BCUT2D eigenvalue weighted by atomic mass is 10.1. The monoisotopic (exact) mass is 260 g/mol. The molecule has 2 rings (SSSR count). The summed E-state index contributed by atoms with van der Waals surface area (Å²) in [6.45, 7) is 0.465. The second kappa shape index (κ2) is 5.67. The van der Waals surface area contributed by atoms with Gasteiger partial charge in [0, 0.05) is 12.1 Å². The van der Waals surface area contributed by atoms with Crippen LogP contribution in [0, 0.1) is 0 Å². The number of amides is 1. The van der Waals surface area contributed by atoms with Gasteiger partial charge in [-0.05, 0) is 29.8 Å². The molecule has 4 heteroatoms. The van der Waals surface area contributed by atoms with Gasteiger partial charge in [0.25, 0.3) is 5.91 Å². The maximum absolute atomic E-state index is 12.0. The van der Waals surface area contributed by atoms with Crippen LogP contribution in [0.4, 0.5) is 5.69 Å². The molecule has 0 heterocycles. The Balaban J connectivity index is 2.14. The van der Waals surface area contributed by atoms with Crippen LogP contribution in [0.5, 0.6) is 0 Å². The number of nitrogens with one attached hydrogen (secondary N) is 1. The molecular weight excluding hydrogens is 248 g/mol. The first-order valence-electron chi connectivity index (χ1n) is 5.55. The van der Waals surface area contributed by atoms with Gasteiger partial charge < -0.3 is 11.1 Å². The normalized spacial score (nSPS) is 10.1. The number of nitrogens with two attached hydrogens (primary N) is 1. The quantitative estimate of drug-likeness (QED) is 0.891. The van der Waals surface area contributed by atoms with E-state index in [1.165, 1.54) is 0 Å². The van der Waals surface area contributed by atoms with Crippen LogP contribution in [0.15, 0.2) is 48.5 Å².